The Kier molecular flexibility index (Phi) is 4.21. The minimum atomic E-state index is -0.0225. The van der Waals surface area contributed by atoms with Gasteiger partial charge in [-0.2, -0.15) is 0 Å². The summed E-state index contributed by atoms with van der Waals surface area (Å²) in [6.45, 7) is 1.55. The van der Waals surface area contributed by atoms with Crippen molar-refractivity contribution in [3.05, 3.63) is 101 Å². The van der Waals surface area contributed by atoms with Crippen molar-refractivity contribution >= 4 is 28.5 Å². The summed E-state index contributed by atoms with van der Waals surface area (Å²) in [7, 11) is 1.80. The van der Waals surface area contributed by atoms with E-state index in [0.29, 0.717) is 11.1 Å². The molecule has 0 atom stereocenters. The molecule has 1 aliphatic rings. The van der Waals surface area contributed by atoms with Gasteiger partial charge in [0.15, 0.2) is 5.78 Å². The number of Topliss-reactive ketones (excluding diaryl/α,β-unsaturated/α-hetero) is 1. The Bertz CT molecular complexity index is 1060. The number of likely N-dealkylation sites (N-methyl/N-ethyl adjacent to an activating group) is 1. The number of anilines is 1. The van der Waals surface area contributed by atoms with Crippen LogP contribution in [-0.4, -0.2) is 18.7 Å². The number of hydrogen-bond donors (Lipinski definition) is 0. The lowest BCUT2D eigenvalue weighted by atomic mass is 9.89. The maximum atomic E-state index is 13.1. The average Bonchev–Trinajstić information content (AvgIpc) is 2.95. The first kappa shape index (κ1) is 17.0. The summed E-state index contributed by atoms with van der Waals surface area (Å²) in [5.74, 6) is 0.00295. The monoisotopic (exact) mass is 353 g/mol. The second kappa shape index (κ2) is 6.69. The van der Waals surface area contributed by atoms with Crippen LogP contribution in [0.25, 0.3) is 11.1 Å². The highest BCUT2D eigenvalue weighted by Crippen LogP contribution is 2.42. The van der Waals surface area contributed by atoms with Crippen LogP contribution in [-0.2, 0) is 4.79 Å². The number of fused-ring (bicyclic) bond motifs is 1. The number of amides is 1. The molecule has 3 aromatic rings. The molecule has 1 heterocycles. The summed E-state index contributed by atoms with van der Waals surface area (Å²) >= 11 is 0. The quantitative estimate of drug-likeness (QED) is 0.500. The van der Waals surface area contributed by atoms with Gasteiger partial charge in [-0.1, -0.05) is 72.8 Å². The molecule has 0 unspecified atom stereocenters. The van der Waals surface area contributed by atoms with Gasteiger partial charge in [-0.05, 0) is 24.1 Å². The summed E-state index contributed by atoms with van der Waals surface area (Å²) in [4.78, 5) is 26.5. The lowest BCUT2D eigenvalue weighted by Gasteiger charge is -2.13. The standard InChI is InChI=1S/C24H19NO2/c1-16(26)17-12-14-19(15-13-17)22(18-8-4-3-5-9-18)23-20-10-6-7-11-21(20)25(2)24(23)27/h3-15H,1-2H3/b23-22-. The van der Waals surface area contributed by atoms with E-state index in [-0.39, 0.29) is 11.7 Å². The van der Waals surface area contributed by atoms with Gasteiger partial charge in [0.05, 0.1) is 11.3 Å². The van der Waals surface area contributed by atoms with Crippen LogP contribution < -0.4 is 4.90 Å². The summed E-state index contributed by atoms with van der Waals surface area (Å²) in [5, 5.41) is 0. The molecule has 132 valence electrons. The second-order valence-electron chi connectivity index (χ2n) is 6.63. The van der Waals surface area contributed by atoms with Crippen molar-refractivity contribution in [1.29, 1.82) is 0 Å². The van der Waals surface area contributed by atoms with E-state index < -0.39 is 0 Å². The van der Waals surface area contributed by atoms with Crippen LogP contribution in [0, 0.1) is 0 Å². The predicted molar refractivity (Wildman–Crippen MR) is 109 cm³/mol. The van der Waals surface area contributed by atoms with E-state index in [2.05, 4.69) is 0 Å². The van der Waals surface area contributed by atoms with Gasteiger partial charge in [0.25, 0.3) is 5.91 Å². The van der Waals surface area contributed by atoms with E-state index in [9.17, 15) is 9.59 Å². The first-order chi connectivity index (χ1) is 13.1. The van der Waals surface area contributed by atoms with Gasteiger partial charge in [0, 0.05) is 23.7 Å². The van der Waals surface area contributed by atoms with Gasteiger partial charge >= 0.3 is 0 Å². The van der Waals surface area contributed by atoms with E-state index in [1.54, 1.807) is 18.9 Å². The fraction of sp³-hybridized carbons (Fsp3) is 0.0833. The molecule has 4 rings (SSSR count). The van der Waals surface area contributed by atoms with E-state index >= 15 is 0 Å². The van der Waals surface area contributed by atoms with Crippen molar-refractivity contribution in [1.82, 2.24) is 0 Å². The lowest BCUT2D eigenvalue weighted by molar-refractivity contribution is -0.112. The fourth-order valence-electron chi connectivity index (χ4n) is 3.54. The maximum Gasteiger partial charge on any atom is 0.259 e. The summed E-state index contributed by atoms with van der Waals surface area (Å²) < 4.78 is 0. The molecule has 1 amide bonds. The molecule has 0 saturated carbocycles. The van der Waals surface area contributed by atoms with Crippen LogP contribution in [0.4, 0.5) is 5.69 Å². The van der Waals surface area contributed by atoms with Gasteiger partial charge in [0.2, 0.25) is 0 Å². The van der Waals surface area contributed by atoms with Gasteiger partial charge in [0.1, 0.15) is 0 Å². The Labute approximate surface area is 158 Å². The topological polar surface area (TPSA) is 37.4 Å². The maximum absolute atomic E-state index is 13.1. The number of rotatable bonds is 3. The third-order valence-corrected chi connectivity index (χ3v) is 4.95. The number of ketones is 1. The molecule has 0 spiro atoms. The molecule has 0 bridgehead atoms. The largest absolute Gasteiger partial charge is 0.311 e. The van der Waals surface area contributed by atoms with Gasteiger partial charge in [-0.3, -0.25) is 9.59 Å². The molecular formula is C24H19NO2. The molecule has 27 heavy (non-hydrogen) atoms. The Morgan fingerprint density at radius 1 is 0.741 bits per heavy atom. The SMILES string of the molecule is CC(=O)c1ccc(/C(=C2\C(=O)N(C)c3ccccc32)c2ccccc2)cc1. The third-order valence-electron chi connectivity index (χ3n) is 4.95. The zero-order chi connectivity index (χ0) is 19.0. The molecule has 0 saturated heterocycles. The lowest BCUT2D eigenvalue weighted by Crippen LogP contribution is -2.20. The van der Waals surface area contributed by atoms with Crippen LogP contribution >= 0.6 is 0 Å². The van der Waals surface area contributed by atoms with E-state index in [1.807, 2.05) is 78.9 Å². The molecule has 3 nitrogen and oxygen atoms in total. The van der Waals surface area contributed by atoms with Crippen molar-refractivity contribution < 1.29 is 9.59 Å². The van der Waals surface area contributed by atoms with Crippen LogP contribution in [0.1, 0.15) is 34.0 Å². The summed E-state index contributed by atoms with van der Waals surface area (Å²) in [5.41, 5.74) is 5.96. The Hall–Kier alpha value is -3.46. The molecule has 0 radical (unpaired) electrons. The molecular weight excluding hydrogens is 334 g/mol. The van der Waals surface area contributed by atoms with Gasteiger partial charge in [-0.15, -0.1) is 0 Å². The zero-order valence-corrected chi connectivity index (χ0v) is 15.3. The number of carbonyl (C=O) groups excluding carboxylic acids is 2. The number of benzene rings is 3. The van der Waals surface area contributed by atoms with E-state index in [0.717, 1.165) is 28.0 Å². The normalized spacial score (nSPS) is 14.9. The molecule has 0 aliphatic carbocycles. The number of nitrogens with zero attached hydrogens (tertiary/aromatic N) is 1. The Morgan fingerprint density at radius 3 is 1.96 bits per heavy atom. The van der Waals surface area contributed by atoms with Gasteiger partial charge in [-0.25, -0.2) is 0 Å². The second-order valence-corrected chi connectivity index (χ2v) is 6.63. The highest BCUT2D eigenvalue weighted by Gasteiger charge is 2.32. The summed E-state index contributed by atoms with van der Waals surface area (Å²) in [6, 6.07) is 25.2. The minimum Gasteiger partial charge on any atom is -0.311 e. The van der Waals surface area contributed by atoms with Crippen molar-refractivity contribution in [3.8, 4) is 0 Å². The third kappa shape index (κ3) is 2.87. The highest BCUT2D eigenvalue weighted by molar-refractivity contribution is 6.38. The molecule has 3 aromatic carbocycles. The molecule has 0 N–H and O–H groups in total. The molecule has 1 aliphatic heterocycles. The van der Waals surface area contributed by atoms with Gasteiger partial charge < -0.3 is 4.90 Å². The van der Waals surface area contributed by atoms with Crippen molar-refractivity contribution in [3.63, 3.8) is 0 Å². The average molecular weight is 353 g/mol. The fourth-order valence-corrected chi connectivity index (χ4v) is 3.54. The number of carbonyl (C=O) groups is 2. The van der Waals surface area contributed by atoms with E-state index in [4.69, 9.17) is 0 Å². The highest BCUT2D eigenvalue weighted by atomic mass is 16.2. The minimum absolute atomic E-state index is 0.0225. The van der Waals surface area contributed by atoms with Crippen LogP contribution in [0.15, 0.2) is 78.9 Å². The molecule has 0 fully saturated rings. The Balaban J connectivity index is 2.01. The van der Waals surface area contributed by atoms with Crippen molar-refractivity contribution in [2.75, 3.05) is 11.9 Å². The van der Waals surface area contributed by atoms with Crippen molar-refractivity contribution in [2.45, 2.75) is 6.92 Å². The first-order valence-corrected chi connectivity index (χ1v) is 8.86. The molecule has 3 heteroatoms. The van der Waals surface area contributed by atoms with Crippen LogP contribution in [0.5, 0.6) is 0 Å². The predicted octanol–water partition coefficient (Wildman–Crippen LogP) is 4.82. The molecule has 0 aromatic heterocycles. The smallest absolute Gasteiger partial charge is 0.259 e. The summed E-state index contributed by atoms with van der Waals surface area (Å²) in [6.07, 6.45) is 0. The number of hydrogen-bond acceptors (Lipinski definition) is 2. The zero-order valence-electron chi connectivity index (χ0n) is 15.3. The Morgan fingerprint density at radius 2 is 1.30 bits per heavy atom. The first-order valence-electron chi connectivity index (χ1n) is 8.86. The van der Waals surface area contributed by atoms with Crippen molar-refractivity contribution in [2.24, 2.45) is 0 Å². The van der Waals surface area contributed by atoms with Crippen LogP contribution in [0.2, 0.25) is 0 Å². The number of para-hydroxylation sites is 1. The van der Waals surface area contributed by atoms with Crippen LogP contribution in [0.3, 0.4) is 0 Å². The van der Waals surface area contributed by atoms with E-state index in [1.165, 1.54) is 0 Å².